The van der Waals surface area contributed by atoms with Crippen LogP contribution in [-0.4, -0.2) is 26.5 Å². The Kier molecular flexibility index (Phi) is 3.05. The summed E-state index contributed by atoms with van der Waals surface area (Å²) in [6.45, 7) is 2.96. The van der Waals surface area contributed by atoms with Crippen LogP contribution in [0.25, 0.3) is 0 Å². The summed E-state index contributed by atoms with van der Waals surface area (Å²) < 4.78 is 49.7. The lowest BCUT2D eigenvalue weighted by molar-refractivity contribution is -0.262. The van der Waals surface area contributed by atoms with Gasteiger partial charge in [0, 0.05) is 5.56 Å². The average Bonchev–Trinajstić information content (AvgIpc) is 2.19. The van der Waals surface area contributed by atoms with E-state index in [1.165, 1.54) is 7.11 Å². The third kappa shape index (κ3) is 1.77. The molecule has 1 aromatic carbocycles. The van der Waals surface area contributed by atoms with Crippen molar-refractivity contribution in [2.45, 2.75) is 25.4 Å². The van der Waals surface area contributed by atoms with Gasteiger partial charge in [-0.1, -0.05) is 6.07 Å². The van der Waals surface area contributed by atoms with Crippen LogP contribution in [0.3, 0.4) is 0 Å². The highest BCUT2D eigenvalue weighted by Crippen LogP contribution is 2.49. The minimum absolute atomic E-state index is 0.173. The van der Waals surface area contributed by atoms with Gasteiger partial charge in [0.1, 0.15) is 11.2 Å². The van der Waals surface area contributed by atoms with Gasteiger partial charge in [0.25, 0.3) is 0 Å². The maximum absolute atomic E-state index is 13.3. The molecule has 5 heteroatoms. The lowest BCUT2D eigenvalue weighted by Gasteiger charge is -2.43. The van der Waals surface area contributed by atoms with Gasteiger partial charge >= 0.3 is 6.18 Å². The van der Waals surface area contributed by atoms with Crippen LogP contribution in [0.15, 0.2) is 12.1 Å². The molecule has 0 amide bonds. The first-order valence-corrected chi connectivity index (χ1v) is 5.62. The summed E-state index contributed by atoms with van der Waals surface area (Å²) in [6, 6.07) is 3.21. The van der Waals surface area contributed by atoms with E-state index in [0.29, 0.717) is 0 Å². The van der Waals surface area contributed by atoms with Gasteiger partial charge in [-0.25, -0.2) is 0 Å². The summed E-state index contributed by atoms with van der Waals surface area (Å²) in [5.74, 6) is 0.277. The number of aryl methyl sites for hydroxylation is 2. The summed E-state index contributed by atoms with van der Waals surface area (Å²) in [6.07, 6.45) is -4.33. The number of alkyl halides is 3. The van der Waals surface area contributed by atoms with Crippen LogP contribution >= 0.6 is 0 Å². The summed E-state index contributed by atoms with van der Waals surface area (Å²) in [5, 5.41) is 0. The fourth-order valence-corrected chi connectivity index (χ4v) is 2.11. The Hall–Kier alpha value is -1.23. The number of hydrogen-bond donors (Lipinski definition) is 0. The molecule has 0 saturated carbocycles. The van der Waals surface area contributed by atoms with Crippen LogP contribution in [0.1, 0.15) is 16.7 Å². The van der Waals surface area contributed by atoms with E-state index in [0.717, 1.165) is 11.1 Å². The van der Waals surface area contributed by atoms with Crippen molar-refractivity contribution in [2.24, 2.45) is 0 Å². The molecule has 0 bridgehead atoms. The van der Waals surface area contributed by atoms with E-state index >= 15 is 0 Å². The Bertz CT molecular complexity index is 462. The predicted octanol–water partition coefficient (Wildman–Crippen LogP) is 3.14. The molecule has 1 saturated heterocycles. The van der Waals surface area contributed by atoms with E-state index in [1.807, 2.05) is 6.92 Å². The van der Waals surface area contributed by atoms with Crippen LogP contribution in [0.4, 0.5) is 13.2 Å². The molecule has 0 N–H and O–H groups in total. The van der Waals surface area contributed by atoms with E-state index in [2.05, 4.69) is 0 Å². The molecular weight excluding hydrogens is 245 g/mol. The van der Waals surface area contributed by atoms with Gasteiger partial charge in [0.2, 0.25) is 0 Å². The molecular formula is C13H15F3O2. The molecule has 100 valence electrons. The quantitative estimate of drug-likeness (QED) is 0.813. The lowest BCUT2D eigenvalue weighted by Crippen LogP contribution is -2.57. The summed E-state index contributed by atoms with van der Waals surface area (Å²) in [7, 11) is 1.39. The van der Waals surface area contributed by atoms with Crippen LogP contribution in [0.2, 0.25) is 0 Å². The fraction of sp³-hybridized carbons (Fsp3) is 0.538. The Balaban J connectivity index is 2.59. The minimum atomic E-state index is -4.33. The Morgan fingerprint density at radius 2 is 1.72 bits per heavy atom. The number of halogens is 3. The summed E-state index contributed by atoms with van der Waals surface area (Å²) in [4.78, 5) is 0. The van der Waals surface area contributed by atoms with Gasteiger partial charge in [0.15, 0.2) is 0 Å². The van der Waals surface area contributed by atoms with Gasteiger partial charge in [-0.15, -0.1) is 0 Å². The van der Waals surface area contributed by atoms with Gasteiger partial charge in [-0.2, -0.15) is 13.2 Å². The molecule has 2 nitrogen and oxygen atoms in total. The smallest absolute Gasteiger partial charge is 0.403 e. The molecule has 0 aromatic heterocycles. The molecule has 1 aliphatic heterocycles. The Morgan fingerprint density at radius 1 is 1.17 bits per heavy atom. The van der Waals surface area contributed by atoms with Crippen molar-refractivity contribution >= 4 is 0 Å². The third-order valence-corrected chi connectivity index (χ3v) is 3.57. The maximum Gasteiger partial charge on any atom is 0.403 e. The van der Waals surface area contributed by atoms with E-state index in [-0.39, 0.29) is 24.5 Å². The predicted molar refractivity (Wildman–Crippen MR) is 61.0 cm³/mol. The van der Waals surface area contributed by atoms with Crippen molar-refractivity contribution in [3.8, 4) is 5.75 Å². The monoisotopic (exact) mass is 260 g/mol. The number of benzene rings is 1. The SMILES string of the molecule is COc1cc(C)c(C)cc1C1(C(F)(F)F)COC1. The summed E-state index contributed by atoms with van der Waals surface area (Å²) >= 11 is 0. The number of hydrogen-bond acceptors (Lipinski definition) is 2. The van der Waals surface area contributed by atoms with Crippen molar-refractivity contribution in [3.05, 3.63) is 28.8 Å². The van der Waals surface area contributed by atoms with E-state index in [9.17, 15) is 13.2 Å². The zero-order valence-corrected chi connectivity index (χ0v) is 10.5. The highest BCUT2D eigenvalue weighted by molar-refractivity contribution is 5.48. The molecule has 18 heavy (non-hydrogen) atoms. The second kappa shape index (κ2) is 4.16. The highest BCUT2D eigenvalue weighted by atomic mass is 19.4. The zero-order valence-electron chi connectivity index (χ0n) is 10.5. The molecule has 0 atom stereocenters. The van der Waals surface area contributed by atoms with Crippen LogP contribution in [-0.2, 0) is 10.2 Å². The fourth-order valence-electron chi connectivity index (χ4n) is 2.11. The highest BCUT2D eigenvalue weighted by Gasteiger charge is 2.62. The molecule has 2 rings (SSSR count). The first kappa shape index (κ1) is 13.2. The average molecular weight is 260 g/mol. The third-order valence-electron chi connectivity index (χ3n) is 3.57. The number of methoxy groups -OCH3 is 1. The second-order valence-corrected chi connectivity index (χ2v) is 4.71. The second-order valence-electron chi connectivity index (χ2n) is 4.71. The first-order chi connectivity index (χ1) is 8.32. The molecule has 0 radical (unpaired) electrons. The van der Waals surface area contributed by atoms with Crippen LogP contribution in [0, 0.1) is 13.8 Å². The molecule has 1 aromatic rings. The number of ether oxygens (including phenoxy) is 2. The van der Waals surface area contributed by atoms with Gasteiger partial charge in [-0.05, 0) is 31.0 Å². The maximum atomic E-state index is 13.3. The van der Waals surface area contributed by atoms with Crippen molar-refractivity contribution in [1.29, 1.82) is 0 Å². The number of rotatable bonds is 2. The Labute approximate surface area is 104 Å². The molecule has 0 unspecified atom stereocenters. The molecule has 0 spiro atoms. The topological polar surface area (TPSA) is 18.5 Å². The van der Waals surface area contributed by atoms with E-state index < -0.39 is 11.6 Å². The summed E-state index contributed by atoms with van der Waals surface area (Å²) in [5.41, 5.74) is -0.0158. The minimum Gasteiger partial charge on any atom is -0.496 e. The van der Waals surface area contributed by atoms with E-state index in [4.69, 9.17) is 9.47 Å². The molecule has 1 aliphatic rings. The van der Waals surface area contributed by atoms with Crippen LogP contribution < -0.4 is 4.74 Å². The normalized spacial score (nSPS) is 18.3. The van der Waals surface area contributed by atoms with Crippen molar-refractivity contribution < 1.29 is 22.6 Å². The van der Waals surface area contributed by atoms with Crippen molar-refractivity contribution in [3.63, 3.8) is 0 Å². The molecule has 1 heterocycles. The zero-order chi connectivity index (χ0) is 13.6. The first-order valence-electron chi connectivity index (χ1n) is 5.62. The van der Waals surface area contributed by atoms with Gasteiger partial charge in [0.05, 0.1) is 20.3 Å². The Morgan fingerprint density at radius 3 is 2.11 bits per heavy atom. The van der Waals surface area contributed by atoms with Crippen LogP contribution in [0.5, 0.6) is 5.75 Å². The molecule has 1 fully saturated rings. The molecule has 0 aliphatic carbocycles. The lowest BCUT2D eigenvalue weighted by atomic mass is 9.76. The van der Waals surface area contributed by atoms with Crippen molar-refractivity contribution in [2.75, 3.05) is 20.3 Å². The van der Waals surface area contributed by atoms with Gasteiger partial charge in [-0.3, -0.25) is 0 Å². The van der Waals surface area contributed by atoms with Crippen molar-refractivity contribution in [1.82, 2.24) is 0 Å². The standard InChI is InChI=1S/C13H15F3O2/c1-8-4-10(11(17-3)5-9(8)2)12(6-18-7-12)13(14,15)16/h4-5H,6-7H2,1-3H3. The largest absolute Gasteiger partial charge is 0.496 e. The van der Waals surface area contributed by atoms with E-state index in [1.54, 1.807) is 19.1 Å². The van der Waals surface area contributed by atoms with Gasteiger partial charge < -0.3 is 9.47 Å².